The standard InChI is InChI=1S/C22H22N4O2/c27-21-20(16-3-1-2-4-18(16)25-21)19-8-5-14-13-15(6-7-17(14)24-19)22(28)26-11-9-23-10-12-26/h1-2,4-8,13,16,23-24H,3,9-12H2,(H,25,27). The van der Waals surface area contributed by atoms with Crippen LogP contribution in [0.5, 0.6) is 0 Å². The molecule has 0 bridgehead atoms. The van der Waals surface area contributed by atoms with Gasteiger partial charge in [-0.3, -0.25) is 9.59 Å². The number of amides is 2. The first kappa shape index (κ1) is 17.0. The Bertz CT molecular complexity index is 980. The average Bonchev–Trinajstić information content (AvgIpc) is 3.08. The van der Waals surface area contributed by atoms with E-state index in [4.69, 9.17) is 0 Å². The number of nitrogens with one attached hydrogen (secondary N) is 3. The first-order valence-electron chi connectivity index (χ1n) is 9.72. The van der Waals surface area contributed by atoms with Crippen LogP contribution >= 0.6 is 0 Å². The van der Waals surface area contributed by atoms with Gasteiger partial charge in [0.2, 0.25) is 0 Å². The summed E-state index contributed by atoms with van der Waals surface area (Å²) in [6.45, 7) is 3.15. The molecule has 6 heteroatoms. The number of fused-ring (bicyclic) bond motifs is 2. The molecule has 4 aliphatic rings. The normalized spacial score (nSPS) is 25.6. The van der Waals surface area contributed by atoms with E-state index in [1.807, 2.05) is 47.4 Å². The van der Waals surface area contributed by atoms with E-state index in [0.29, 0.717) is 5.56 Å². The van der Waals surface area contributed by atoms with Crippen LogP contribution < -0.4 is 16.0 Å². The topological polar surface area (TPSA) is 73.5 Å². The molecule has 3 heterocycles. The van der Waals surface area contributed by atoms with Crippen LogP contribution in [-0.4, -0.2) is 42.9 Å². The van der Waals surface area contributed by atoms with Gasteiger partial charge in [0.15, 0.2) is 0 Å². The highest BCUT2D eigenvalue weighted by Gasteiger charge is 2.35. The Balaban J connectivity index is 1.42. The van der Waals surface area contributed by atoms with Crippen LogP contribution in [0.4, 0.5) is 5.69 Å². The maximum Gasteiger partial charge on any atom is 0.254 e. The zero-order valence-electron chi connectivity index (χ0n) is 15.5. The van der Waals surface area contributed by atoms with Crippen LogP contribution in [0.2, 0.25) is 0 Å². The molecule has 1 aliphatic carbocycles. The van der Waals surface area contributed by atoms with Crippen molar-refractivity contribution in [1.29, 1.82) is 0 Å². The molecular formula is C22H22N4O2. The molecule has 1 atom stereocenters. The third-order valence-electron chi connectivity index (χ3n) is 5.70. The third-order valence-corrected chi connectivity index (χ3v) is 5.70. The van der Waals surface area contributed by atoms with Crippen LogP contribution in [0.3, 0.4) is 0 Å². The van der Waals surface area contributed by atoms with Gasteiger partial charge in [0, 0.05) is 60.3 Å². The second kappa shape index (κ2) is 6.80. The summed E-state index contributed by atoms with van der Waals surface area (Å²) < 4.78 is 0. The molecule has 0 saturated carbocycles. The van der Waals surface area contributed by atoms with E-state index in [9.17, 15) is 9.59 Å². The van der Waals surface area contributed by atoms with Crippen molar-refractivity contribution in [3.8, 4) is 0 Å². The summed E-state index contributed by atoms with van der Waals surface area (Å²) in [5.74, 6) is 0.113. The lowest BCUT2D eigenvalue weighted by Gasteiger charge is -2.28. The second-order valence-electron chi connectivity index (χ2n) is 7.42. The van der Waals surface area contributed by atoms with Crippen molar-refractivity contribution < 1.29 is 9.59 Å². The minimum atomic E-state index is -0.0407. The van der Waals surface area contributed by atoms with Gasteiger partial charge in [0.05, 0.1) is 0 Å². The molecule has 3 aliphatic heterocycles. The lowest BCUT2D eigenvalue weighted by molar-refractivity contribution is -0.116. The fourth-order valence-corrected chi connectivity index (χ4v) is 4.21. The molecule has 6 nitrogen and oxygen atoms in total. The molecule has 142 valence electrons. The molecule has 28 heavy (non-hydrogen) atoms. The summed E-state index contributed by atoms with van der Waals surface area (Å²) in [6, 6.07) is 5.72. The molecular weight excluding hydrogens is 352 g/mol. The first-order chi connectivity index (χ1) is 13.7. The molecule has 1 aromatic carbocycles. The minimum Gasteiger partial charge on any atom is -0.355 e. The predicted molar refractivity (Wildman–Crippen MR) is 108 cm³/mol. The van der Waals surface area contributed by atoms with E-state index < -0.39 is 0 Å². The SMILES string of the molecule is O=C1NC2=CC=CCC2C1=C1C=Cc2cc(C(=O)N3CCNCC3)ccc2N1. The highest BCUT2D eigenvalue weighted by Crippen LogP contribution is 2.36. The van der Waals surface area contributed by atoms with Crippen molar-refractivity contribution >= 4 is 23.6 Å². The van der Waals surface area contributed by atoms with Crippen LogP contribution in [0.25, 0.3) is 6.08 Å². The Morgan fingerprint density at radius 1 is 1.11 bits per heavy atom. The number of hydrogen-bond acceptors (Lipinski definition) is 4. The van der Waals surface area contributed by atoms with Crippen molar-refractivity contribution in [2.45, 2.75) is 6.42 Å². The maximum absolute atomic E-state index is 12.7. The van der Waals surface area contributed by atoms with Crippen molar-refractivity contribution in [2.75, 3.05) is 31.5 Å². The molecule has 5 rings (SSSR count). The van der Waals surface area contributed by atoms with Crippen molar-refractivity contribution in [3.63, 3.8) is 0 Å². The molecule has 1 aromatic rings. The highest BCUT2D eigenvalue weighted by molar-refractivity contribution is 6.02. The fraction of sp³-hybridized carbons (Fsp3) is 0.273. The number of piperazine rings is 1. The number of rotatable bonds is 1. The Hall–Kier alpha value is -3.12. The van der Waals surface area contributed by atoms with E-state index in [-0.39, 0.29) is 17.7 Å². The van der Waals surface area contributed by atoms with E-state index in [2.05, 4.69) is 22.0 Å². The van der Waals surface area contributed by atoms with Gasteiger partial charge in [-0.2, -0.15) is 0 Å². The number of allylic oxidation sites excluding steroid dienone is 5. The molecule has 0 radical (unpaired) electrons. The average molecular weight is 374 g/mol. The summed E-state index contributed by atoms with van der Waals surface area (Å²) in [5, 5.41) is 9.63. The van der Waals surface area contributed by atoms with Gasteiger partial charge in [-0.25, -0.2) is 0 Å². The Morgan fingerprint density at radius 3 is 2.82 bits per heavy atom. The van der Waals surface area contributed by atoms with Gasteiger partial charge >= 0.3 is 0 Å². The first-order valence-corrected chi connectivity index (χ1v) is 9.72. The van der Waals surface area contributed by atoms with Gasteiger partial charge in [0.25, 0.3) is 11.8 Å². The lowest BCUT2D eigenvalue weighted by Crippen LogP contribution is -2.46. The minimum absolute atomic E-state index is 0.0407. The molecule has 3 N–H and O–H groups in total. The largest absolute Gasteiger partial charge is 0.355 e. The predicted octanol–water partition coefficient (Wildman–Crippen LogP) is 2.01. The van der Waals surface area contributed by atoms with Crippen LogP contribution in [0.1, 0.15) is 22.3 Å². The number of hydrogen-bond donors (Lipinski definition) is 3. The van der Waals surface area contributed by atoms with Crippen molar-refractivity contribution in [3.05, 3.63) is 70.6 Å². The highest BCUT2D eigenvalue weighted by atomic mass is 16.2. The molecule has 1 unspecified atom stereocenters. The third kappa shape index (κ3) is 2.86. The van der Waals surface area contributed by atoms with Crippen LogP contribution in [-0.2, 0) is 4.79 Å². The molecule has 2 amide bonds. The van der Waals surface area contributed by atoms with Gasteiger partial charge in [-0.1, -0.05) is 18.2 Å². The van der Waals surface area contributed by atoms with E-state index in [1.54, 1.807) is 0 Å². The van der Waals surface area contributed by atoms with Gasteiger partial charge in [0.1, 0.15) is 0 Å². The molecule has 0 spiro atoms. The number of benzene rings is 1. The quantitative estimate of drug-likeness (QED) is 0.658. The second-order valence-corrected chi connectivity index (χ2v) is 7.42. The monoisotopic (exact) mass is 374 g/mol. The summed E-state index contributed by atoms with van der Waals surface area (Å²) in [7, 11) is 0. The molecule has 2 saturated heterocycles. The Morgan fingerprint density at radius 2 is 1.96 bits per heavy atom. The Labute approximate surface area is 163 Å². The summed E-state index contributed by atoms with van der Waals surface area (Å²) in [4.78, 5) is 27.1. The van der Waals surface area contributed by atoms with Gasteiger partial charge < -0.3 is 20.9 Å². The smallest absolute Gasteiger partial charge is 0.254 e. The van der Waals surface area contributed by atoms with E-state index >= 15 is 0 Å². The Kier molecular flexibility index (Phi) is 4.13. The number of nitrogens with zero attached hydrogens (tertiary/aromatic N) is 1. The van der Waals surface area contributed by atoms with Crippen LogP contribution in [0.15, 0.2) is 59.5 Å². The summed E-state index contributed by atoms with van der Waals surface area (Å²) in [6.07, 6.45) is 10.8. The summed E-state index contributed by atoms with van der Waals surface area (Å²) >= 11 is 0. The van der Waals surface area contributed by atoms with Crippen LogP contribution in [0, 0.1) is 5.92 Å². The van der Waals surface area contributed by atoms with E-state index in [1.165, 1.54) is 0 Å². The molecule has 0 aromatic heterocycles. The number of anilines is 1. The van der Waals surface area contributed by atoms with Gasteiger partial charge in [-0.15, -0.1) is 0 Å². The van der Waals surface area contributed by atoms with Gasteiger partial charge in [-0.05, 0) is 42.3 Å². The zero-order valence-corrected chi connectivity index (χ0v) is 15.5. The number of carbonyl (C=O) groups excluding carboxylic acids is 2. The maximum atomic E-state index is 12.7. The number of carbonyl (C=O) groups is 2. The van der Waals surface area contributed by atoms with Crippen molar-refractivity contribution in [1.82, 2.24) is 15.5 Å². The van der Waals surface area contributed by atoms with E-state index in [0.717, 1.165) is 60.8 Å². The molecule has 2 fully saturated rings. The summed E-state index contributed by atoms with van der Waals surface area (Å²) in [5.41, 5.74) is 5.15. The zero-order chi connectivity index (χ0) is 19.1. The fourth-order valence-electron chi connectivity index (χ4n) is 4.21. The van der Waals surface area contributed by atoms with Crippen molar-refractivity contribution in [2.24, 2.45) is 5.92 Å². The lowest BCUT2D eigenvalue weighted by atomic mass is 9.90.